The molecule has 2 aromatic rings. The van der Waals surface area contributed by atoms with Gasteiger partial charge in [-0.2, -0.15) is 9.83 Å². The van der Waals surface area contributed by atoms with E-state index < -0.39 is 5.91 Å². The Balaban J connectivity index is 1.98. The van der Waals surface area contributed by atoms with Crippen LogP contribution in [0.3, 0.4) is 0 Å². The van der Waals surface area contributed by atoms with Crippen LogP contribution in [0.4, 0.5) is 0 Å². The second-order valence-corrected chi connectivity index (χ2v) is 3.17. The van der Waals surface area contributed by atoms with Gasteiger partial charge in [0, 0.05) is 6.07 Å². The van der Waals surface area contributed by atoms with Crippen LogP contribution in [0.1, 0.15) is 16.1 Å². The van der Waals surface area contributed by atoms with Gasteiger partial charge in [0.25, 0.3) is 5.91 Å². The second-order valence-electron chi connectivity index (χ2n) is 3.17. The molecule has 2 heterocycles. The highest BCUT2D eigenvalue weighted by Crippen LogP contribution is 1.96. The van der Waals surface area contributed by atoms with E-state index in [2.05, 4.69) is 10.5 Å². The molecule has 0 atom stereocenters. The number of nitrogens with one attached hydrogen (secondary N) is 1. The smallest absolute Gasteiger partial charge is 0.277 e. The predicted octanol–water partition coefficient (Wildman–Crippen LogP) is 0.677. The maximum atomic E-state index is 11.5. The monoisotopic (exact) mass is 231 g/mol. The summed E-state index contributed by atoms with van der Waals surface area (Å²) in [6.45, 7) is 0. The Morgan fingerprint density at radius 3 is 3.06 bits per heavy atom. The van der Waals surface area contributed by atoms with Crippen molar-refractivity contribution >= 4 is 12.1 Å². The third-order valence-electron chi connectivity index (χ3n) is 1.94. The van der Waals surface area contributed by atoms with Gasteiger partial charge < -0.3 is 9.62 Å². The van der Waals surface area contributed by atoms with Crippen molar-refractivity contribution in [1.82, 2.24) is 5.43 Å². The van der Waals surface area contributed by atoms with E-state index in [0.29, 0.717) is 10.5 Å². The largest absolute Gasteiger partial charge is 0.619 e. The summed E-state index contributed by atoms with van der Waals surface area (Å²) in [6, 6.07) is 6.41. The van der Waals surface area contributed by atoms with Crippen LogP contribution >= 0.6 is 0 Å². The molecule has 0 aliphatic rings. The van der Waals surface area contributed by atoms with Crippen molar-refractivity contribution in [2.75, 3.05) is 0 Å². The minimum Gasteiger partial charge on any atom is -0.619 e. The number of hydrazone groups is 1. The van der Waals surface area contributed by atoms with Crippen LogP contribution in [0, 0.1) is 5.21 Å². The highest BCUT2D eigenvalue weighted by Gasteiger charge is 2.06. The molecule has 17 heavy (non-hydrogen) atoms. The van der Waals surface area contributed by atoms with Crippen LogP contribution in [0.2, 0.25) is 0 Å². The molecular formula is C11H9N3O3. The molecule has 0 saturated heterocycles. The van der Waals surface area contributed by atoms with Gasteiger partial charge in [-0.1, -0.05) is 0 Å². The number of rotatable bonds is 3. The first-order valence-electron chi connectivity index (χ1n) is 4.81. The van der Waals surface area contributed by atoms with E-state index in [9.17, 15) is 10.0 Å². The van der Waals surface area contributed by atoms with Gasteiger partial charge in [0.15, 0.2) is 12.4 Å². The number of carbonyl (C=O) groups excluding carboxylic acids is 1. The summed E-state index contributed by atoms with van der Waals surface area (Å²) >= 11 is 0. The summed E-state index contributed by atoms with van der Waals surface area (Å²) < 4.78 is 5.53. The first-order valence-corrected chi connectivity index (χ1v) is 4.81. The molecule has 86 valence electrons. The molecule has 0 bridgehead atoms. The predicted molar refractivity (Wildman–Crippen MR) is 59.2 cm³/mol. The molecule has 0 aromatic carbocycles. The van der Waals surface area contributed by atoms with E-state index in [0.717, 1.165) is 6.20 Å². The summed E-state index contributed by atoms with van der Waals surface area (Å²) in [7, 11) is 0. The SMILES string of the molecule is O=C(N/N=C/c1ccco1)c1ccc[n+]([O-])c1. The summed E-state index contributed by atoms with van der Waals surface area (Å²) in [5, 5.41) is 14.6. The Labute approximate surface area is 96.8 Å². The van der Waals surface area contributed by atoms with Gasteiger partial charge in [0.05, 0.1) is 12.5 Å². The molecule has 0 fully saturated rings. The number of carbonyl (C=O) groups is 1. The zero-order chi connectivity index (χ0) is 12.1. The van der Waals surface area contributed by atoms with E-state index >= 15 is 0 Å². The summed E-state index contributed by atoms with van der Waals surface area (Å²) in [5.41, 5.74) is 2.52. The average molecular weight is 231 g/mol. The Hall–Kier alpha value is -2.63. The van der Waals surface area contributed by atoms with Gasteiger partial charge in [-0.25, -0.2) is 5.43 Å². The Kier molecular flexibility index (Phi) is 3.15. The number of furan rings is 1. The van der Waals surface area contributed by atoms with Crippen molar-refractivity contribution in [3.8, 4) is 0 Å². The van der Waals surface area contributed by atoms with Crippen LogP contribution in [0.25, 0.3) is 0 Å². The lowest BCUT2D eigenvalue weighted by Crippen LogP contribution is -2.28. The number of hydrogen-bond donors (Lipinski definition) is 1. The Morgan fingerprint density at radius 1 is 1.47 bits per heavy atom. The number of amides is 1. The molecule has 2 rings (SSSR count). The first-order chi connectivity index (χ1) is 8.25. The van der Waals surface area contributed by atoms with Crippen molar-refractivity contribution in [1.29, 1.82) is 0 Å². The van der Waals surface area contributed by atoms with Gasteiger partial charge in [0.1, 0.15) is 11.3 Å². The molecule has 6 heteroatoms. The summed E-state index contributed by atoms with van der Waals surface area (Å²) in [4.78, 5) is 11.5. The highest BCUT2D eigenvalue weighted by molar-refractivity contribution is 5.94. The average Bonchev–Trinajstić information content (AvgIpc) is 2.82. The third-order valence-corrected chi connectivity index (χ3v) is 1.94. The lowest BCUT2D eigenvalue weighted by Gasteiger charge is -1.99. The van der Waals surface area contributed by atoms with Crippen molar-refractivity contribution < 1.29 is 13.9 Å². The quantitative estimate of drug-likeness (QED) is 0.365. The van der Waals surface area contributed by atoms with E-state index in [4.69, 9.17) is 4.42 Å². The number of pyridine rings is 1. The highest BCUT2D eigenvalue weighted by atomic mass is 16.5. The van der Waals surface area contributed by atoms with Crippen LogP contribution < -0.4 is 10.2 Å². The van der Waals surface area contributed by atoms with Crippen molar-refractivity contribution in [3.05, 3.63) is 59.5 Å². The van der Waals surface area contributed by atoms with E-state index in [1.165, 1.54) is 30.8 Å². The molecule has 2 aromatic heterocycles. The van der Waals surface area contributed by atoms with Gasteiger partial charge in [-0.05, 0) is 18.2 Å². The lowest BCUT2D eigenvalue weighted by atomic mass is 10.3. The molecule has 6 nitrogen and oxygen atoms in total. The molecule has 1 N–H and O–H groups in total. The van der Waals surface area contributed by atoms with Crippen molar-refractivity contribution in [3.63, 3.8) is 0 Å². The van der Waals surface area contributed by atoms with Crippen molar-refractivity contribution in [2.45, 2.75) is 0 Å². The molecule has 1 amide bonds. The van der Waals surface area contributed by atoms with Crippen LogP contribution in [0.5, 0.6) is 0 Å². The fourth-order valence-electron chi connectivity index (χ4n) is 1.17. The number of aromatic nitrogens is 1. The first kappa shape index (κ1) is 10.9. The fourth-order valence-corrected chi connectivity index (χ4v) is 1.17. The molecular weight excluding hydrogens is 222 g/mol. The minimum absolute atomic E-state index is 0.235. The molecule has 0 spiro atoms. The van der Waals surface area contributed by atoms with E-state index in [-0.39, 0.29) is 5.56 Å². The van der Waals surface area contributed by atoms with Crippen LogP contribution in [-0.2, 0) is 0 Å². The van der Waals surface area contributed by atoms with E-state index in [1.54, 1.807) is 12.1 Å². The van der Waals surface area contributed by atoms with Crippen LogP contribution in [-0.4, -0.2) is 12.1 Å². The molecule has 0 unspecified atom stereocenters. The number of hydrogen-bond acceptors (Lipinski definition) is 4. The zero-order valence-corrected chi connectivity index (χ0v) is 8.74. The van der Waals surface area contributed by atoms with E-state index in [1.807, 2.05) is 0 Å². The van der Waals surface area contributed by atoms with Crippen molar-refractivity contribution in [2.24, 2.45) is 5.10 Å². The topological polar surface area (TPSA) is 81.5 Å². The Morgan fingerprint density at radius 2 is 2.35 bits per heavy atom. The zero-order valence-electron chi connectivity index (χ0n) is 8.74. The van der Waals surface area contributed by atoms with Gasteiger partial charge in [-0.15, -0.1) is 0 Å². The molecule has 0 aliphatic carbocycles. The van der Waals surface area contributed by atoms with Gasteiger partial charge >= 0.3 is 0 Å². The maximum Gasteiger partial charge on any atom is 0.277 e. The van der Waals surface area contributed by atoms with Crippen LogP contribution in [0.15, 0.2) is 52.4 Å². The standard InChI is InChI=1S/C11H9N3O3/c15-11(9-3-1-5-14(16)8-9)13-12-7-10-4-2-6-17-10/h1-8H,(H,13,15)/b12-7+. The normalized spacial score (nSPS) is 10.6. The minimum atomic E-state index is -0.460. The molecule has 0 aliphatic heterocycles. The third kappa shape index (κ3) is 2.91. The second kappa shape index (κ2) is 4.93. The fraction of sp³-hybridized carbons (Fsp3) is 0. The lowest BCUT2D eigenvalue weighted by molar-refractivity contribution is -0.605. The number of nitrogens with zero attached hydrogens (tertiary/aromatic N) is 2. The van der Waals surface area contributed by atoms with Gasteiger partial charge in [0.2, 0.25) is 0 Å². The summed E-state index contributed by atoms with van der Waals surface area (Å²) in [6.07, 6.45) is 5.33. The maximum absolute atomic E-state index is 11.5. The molecule has 0 radical (unpaired) electrons. The Bertz CT molecular complexity index is 535. The molecule has 0 saturated carbocycles. The summed E-state index contributed by atoms with van der Waals surface area (Å²) in [5.74, 6) is 0.0651. The van der Waals surface area contributed by atoms with Gasteiger partial charge in [-0.3, -0.25) is 4.79 Å².